The number of aliphatic imine (C=N–C) groups is 1. The van der Waals surface area contributed by atoms with Crippen LogP contribution in [0.3, 0.4) is 0 Å². The third kappa shape index (κ3) is 5.17. The molecule has 0 bridgehead atoms. The van der Waals surface area contributed by atoms with Crippen LogP contribution in [0.1, 0.15) is 19.4 Å². The van der Waals surface area contributed by atoms with Crippen molar-refractivity contribution in [2.24, 2.45) is 10.7 Å². The molecule has 94 valence electrons. The Morgan fingerprint density at radius 1 is 1.41 bits per heavy atom. The van der Waals surface area contributed by atoms with Crippen LogP contribution in [0, 0.1) is 0 Å². The van der Waals surface area contributed by atoms with Crippen molar-refractivity contribution in [3.05, 3.63) is 29.8 Å². The molecule has 0 saturated heterocycles. The first-order valence-corrected chi connectivity index (χ1v) is 5.23. The van der Waals surface area contributed by atoms with Gasteiger partial charge >= 0.3 is 0 Å². The van der Waals surface area contributed by atoms with E-state index >= 15 is 0 Å². The minimum absolute atomic E-state index is 0.536. The third-order valence-electron chi connectivity index (χ3n) is 1.88. The molecular formula is C13H20N2O2. The lowest BCUT2D eigenvalue weighted by atomic mass is 10.1. The minimum atomic E-state index is 0.536. The molecule has 0 atom stereocenters. The topological polar surface area (TPSA) is 67.8 Å². The van der Waals surface area contributed by atoms with Gasteiger partial charge in [0.25, 0.3) is 0 Å². The number of allylic oxidation sites excluding steroid dienone is 1. The lowest BCUT2D eigenvalue weighted by Crippen LogP contribution is -2.04. The van der Waals surface area contributed by atoms with E-state index in [2.05, 4.69) is 4.99 Å². The number of aliphatic hydroxyl groups is 1. The van der Waals surface area contributed by atoms with Crippen LogP contribution in [0.2, 0.25) is 0 Å². The number of methoxy groups -OCH3 is 1. The van der Waals surface area contributed by atoms with Gasteiger partial charge in [0.1, 0.15) is 5.75 Å². The van der Waals surface area contributed by atoms with E-state index in [-0.39, 0.29) is 0 Å². The minimum Gasteiger partial charge on any atom is -0.497 e. The summed E-state index contributed by atoms with van der Waals surface area (Å²) < 4.78 is 5.14. The molecule has 1 aromatic rings. The predicted molar refractivity (Wildman–Crippen MR) is 72.8 cm³/mol. The van der Waals surface area contributed by atoms with Crippen LogP contribution in [0.5, 0.6) is 5.75 Å². The second kappa shape index (κ2) is 8.35. The van der Waals surface area contributed by atoms with Crippen molar-refractivity contribution in [1.29, 1.82) is 0 Å². The predicted octanol–water partition coefficient (Wildman–Crippen LogP) is 2.35. The number of hydrogen-bond donors (Lipinski definition) is 2. The fourth-order valence-corrected chi connectivity index (χ4v) is 1.26. The summed E-state index contributed by atoms with van der Waals surface area (Å²) in [5, 5.41) is 7.00. The molecule has 4 nitrogen and oxygen atoms in total. The monoisotopic (exact) mass is 236 g/mol. The van der Waals surface area contributed by atoms with Gasteiger partial charge in [-0.25, -0.2) is 4.99 Å². The van der Waals surface area contributed by atoms with Crippen LogP contribution in [-0.2, 0) is 0 Å². The SMILES string of the molecule is C/C=C\c1ccc(OC)cc1N=C(C)N.CO. The quantitative estimate of drug-likeness (QED) is 0.625. The fraction of sp³-hybridized carbons (Fsp3) is 0.308. The maximum atomic E-state index is 7.00. The molecule has 4 heteroatoms. The summed E-state index contributed by atoms with van der Waals surface area (Å²) in [4.78, 5) is 4.25. The van der Waals surface area contributed by atoms with Crippen molar-refractivity contribution >= 4 is 17.6 Å². The first-order chi connectivity index (χ1) is 8.17. The Hall–Kier alpha value is -1.81. The van der Waals surface area contributed by atoms with Gasteiger partial charge in [0.2, 0.25) is 0 Å². The van der Waals surface area contributed by atoms with E-state index in [1.165, 1.54) is 0 Å². The molecule has 0 spiro atoms. The summed E-state index contributed by atoms with van der Waals surface area (Å²) in [6, 6.07) is 5.73. The molecule has 1 rings (SSSR count). The van der Waals surface area contributed by atoms with Crippen molar-refractivity contribution in [1.82, 2.24) is 0 Å². The van der Waals surface area contributed by atoms with Gasteiger partial charge in [-0.15, -0.1) is 0 Å². The Kier molecular flexibility index (Phi) is 7.46. The summed E-state index contributed by atoms with van der Waals surface area (Å²) in [7, 11) is 2.63. The van der Waals surface area contributed by atoms with Crippen molar-refractivity contribution in [3.63, 3.8) is 0 Å². The number of nitrogens with zero attached hydrogens (tertiary/aromatic N) is 1. The van der Waals surface area contributed by atoms with Crippen LogP contribution in [-0.4, -0.2) is 25.2 Å². The van der Waals surface area contributed by atoms with Crippen LogP contribution in [0.15, 0.2) is 29.3 Å². The van der Waals surface area contributed by atoms with Crippen LogP contribution in [0.4, 0.5) is 5.69 Å². The summed E-state index contributed by atoms with van der Waals surface area (Å²) in [5.41, 5.74) is 7.42. The molecule has 0 aliphatic carbocycles. The average Bonchev–Trinajstić information content (AvgIpc) is 2.33. The summed E-state index contributed by atoms with van der Waals surface area (Å²) in [6.07, 6.45) is 3.95. The standard InChI is InChI=1S/C12H16N2O.CH4O/c1-4-5-10-6-7-11(15-3)8-12(10)14-9(2)13;1-2/h4-8H,1-3H3,(H2,13,14);2H,1H3/b5-4-;. The van der Waals surface area contributed by atoms with E-state index in [4.69, 9.17) is 15.6 Å². The second-order valence-electron chi connectivity index (χ2n) is 3.18. The number of rotatable bonds is 3. The molecule has 0 heterocycles. The van der Waals surface area contributed by atoms with Gasteiger partial charge in [-0.05, 0) is 26.0 Å². The van der Waals surface area contributed by atoms with Gasteiger partial charge in [0.05, 0.1) is 18.6 Å². The van der Waals surface area contributed by atoms with Gasteiger partial charge in [0, 0.05) is 18.7 Å². The zero-order chi connectivity index (χ0) is 13.3. The Bertz CT molecular complexity index is 394. The Balaban J connectivity index is 0.00000121. The van der Waals surface area contributed by atoms with E-state index in [1.807, 2.05) is 37.3 Å². The van der Waals surface area contributed by atoms with Crippen molar-refractivity contribution in [3.8, 4) is 5.75 Å². The molecule has 0 radical (unpaired) electrons. The van der Waals surface area contributed by atoms with Crippen LogP contribution < -0.4 is 10.5 Å². The Labute approximate surface area is 102 Å². The van der Waals surface area contributed by atoms with Crippen molar-refractivity contribution in [2.75, 3.05) is 14.2 Å². The number of nitrogens with two attached hydrogens (primary N) is 1. The van der Waals surface area contributed by atoms with E-state index in [1.54, 1.807) is 14.0 Å². The molecule has 0 aliphatic heterocycles. The lowest BCUT2D eigenvalue weighted by molar-refractivity contribution is 0.399. The molecule has 0 amide bonds. The first kappa shape index (κ1) is 15.2. The molecule has 0 fully saturated rings. The summed E-state index contributed by atoms with van der Waals surface area (Å²) in [6.45, 7) is 3.73. The highest BCUT2D eigenvalue weighted by Crippen LogP contribution is 2.26. The van der Waals surface area contributed by atoms with Gasteiger partial charge in [-0.3, -0.25) is 0 Å². The van der Waals surface area contributed by atoms with E-state index in [0.717, 1.165) is 24.1 Å². The number of benzene rings is 1. The van der Waals surface area contributed by atoms with Crippen molar-refractivity contribution < 1.29 is 9.84 Å². The van der Waals surface area contributed by atoms with Gasteiger partial charge in [-0.2, -0.15) is 0 Å². The highest BCUT2D eigenvalue weighted by Gasteiger charge is 2.00. The molecule has 0 aromatic heterocycles. The number of ether oxygens (including phenoxy) is 1. The number of amidine groups is 1. The van der Waals surface area contributed by atoms with Gasteiger partial charge in [0.15, 0.2) is 0 Å². The fourth-order valence-electron chi connectivity index (χ4n) is 1.26. The largest absolute Gasteiger partial charge is 0.497 e. The summed E-state index contributed by atoms with van der Waals surface area (Å²) >= 11 is 0. The smallest absolute Gasteiger partial charge is 0.121 e. The molecule has 17 heavy (non-hydrogen) atoms. The molecule has 3 N–H and O–H groups in total. The molecule has 0 saturated carbocycles. The summed E-state index contributed by atoms with van der Waals surface area (Å²) in [5.74, 6) is 1.32. The third-order valence-corrected chi connectivity index (χ3v) is 1.88. The highest BCUT2D eigenvalue weighted by molar-refractivity contribution is 5.82. The Morgan fingerprint density at radius 3 is 2.53 bits per heavy atom. The second-order valence-corrected chi connectivity index (χ2v) is 3.18. The van der Waals surface area contributed by atoms with Crippen LogP contribution >= 0.6 is 0 Å². The van der Waals surface area contributed by atoms with Crippen LogP contribution in [0.25, 0.3) is 6.08 Å². The van der Waals surface area contributed by atoms with E-state index < -0.39 is 0 Å². The van der Waals surface area contributed by atoms with Gasteiger partial charge < -0.3 is 15.6 Å². The zero-order valence-corrected chi connectivity index (χ0v) is 10.8. The first-order valence-electron chi connectivity index (χ1n) is 5.23. The normalized spacial score (nSPS) is 11.0. The zero-order valence-electron chi connectivity index (χ0n) is 10.8. The maximum Gasteiger partial charge on any atom is 0.121 e. The van der Waals surface area contributed by atoms with E-state index in [9.17, 15) is 0 Å². The van der Waals surface area contributed by atoms with Crippen molar-refractivity contribution in [2.45, 2.75) is 13.8 Å². The average molecular weight is 236 g/mol. The lowest BCUT2D eigenvalue weighted by Gasteiger charge is -2.05. The molecule has 0 unspecified atom stereocenters. The number of aliphatic hydroxyl groups excluding tert-OH is 1. The van der Waals surface area contributed by atoms with E-state index in [0.29, 0.717) is 5.84 Å². The molecule has 0 aliphatic rings. The number of hydrogen-bond acceptors (Lipinski definition) is 3. The highest BCUT2D eigenvalue weighted by atomic mass is 16.5. The van der Waals surface area contributed by atoms with Gasteiger partial charge in [-0.1, -0.05) is 12.2 Å². The maximum absolute atomic E-state index is 7.00. The Morgan fingerprint density at radius 2 is 2.06 bits per heavy atom. The molecule has 1 aromatic carbocycles. The molecular weight excluding hydrogens is 216 g/mol.